The molecule has 0 saturated carbocycles. The van der Waals surface area contributed by atoms with Crippen LogP contribution in [0.4, 0.5) is 0 Å². The Balaban J connectivity index is 3.99. The van der Waals surface area contributed by atoms with Crippen LogP contribution in [0.25, 0.3) is 0 Å². The summed E-state index contributed by atoms with van der Waals surface area (Å²) in [4.78, 5) is 3.96. The molecule has 0 rings (SSSR count). The SMILES string of the molecule is CCC[N+](CC)(CC)CCCN=C=S. The van der Waals surface area contributed by atoms with Crippen LogP contribution in [0, 0.1) is 0 Å². The molecule has 0 aliphatic rings. The Morgan fingerprint density at radius 1 is 1.14 bits per heavy atom. The summed E-state index contributed by atoms with van der Waals surface area (Å²) in [6.45, 7) is 12.6. The van der Waals surface area contributed by atoms with Gasteiger partial charge in [0.1, 0.15) is 0 Å². The lowest BCUT2D eigenvalue weighted by Gasteiger charge is -2.36. The quantitative estimate of drug-likeness (QED) is 0.262. The number of aliphatic imine (C=N–C) groups is 1. The van der Waals surface area contributed by atoms with Gasteiger partial charge in [-0.3, -0.25) is 0 Å². The fraction of sp³-hybridized carbons (Fsp3) is 0.909. The Morgan fingerprint density at radius 2 is 1.79 bits per heavy atom. The van der Waals surface area contributed by atoms with Crippen LogP contribution in [0.5, 0.6) is 0 Å². The number of isothiocyanates is 1. The molecular formula is C11H23N2S+. The Morgan fingerprint density at radius 3 is 2.21 bits per heavy atom. The number of hydrogen-bond acceptors (Lipinski definition) is 2. The first-order valence-electron chi connectivity index (χ1n) is 5.63. The van der Waals surface area contributed by atoms with Crippen molar-refractivity contribution in [2.45, 2.75) is 33.6 Å². The van der Waals surface area contributed by atoms with Gasteiger partial charge < -0.3 is 4.48 Å². The van der Waals surface area contributed by atoms with Crippen LogP contribution in [-0.2, 0) is 0 Å². The molecule has 0 aliphatic heterocycles. The van der Waals surface area contributed by atoms with Gasteiger partial charge in [0, 0.05) is 6.42 Å². The van der Waals surface area contributed by atoms with E-state index in [0.717, 1.165) is 13.0 Å². The minimum absolute atomic E-state index is 0.840. The molecular weight excluding hydrogens is 192 g/mol. The van der Waals surface area contributed by atoms with Gasteiger partial charge in [-0.1, -0.05) is 6.92 Å². The molecule has 0 aromatic rings. The van der Waals surface area contributed by atoms with Crippen LogP contribution in [0.3, 0.4) is 0 Å². The lowest BCUT2D eigenvalue weighted by molar-refractivity contribution is -0.925. The first-order valence-corrected chi connectivity index (χ1v) is 6.04. The van der Waals surface area contributed by atoms with Crippen LogP contribution in [0.1, 0.15) is 33.6 Å². The first-order chi connectivity index (χ1) is 6.74. The Bertz CT molecular complexity index is 182. The van der Waals surface area contributed by atoms with Gasteiger partial charge in [-0.2, -0.15) is 0 Å². The van der Waals surface area contributed by atoms with Crippen molar-refractivity contribution in [3.05, 3.63) is 0 Å². The summed E-state index contributed by atoms with van der Waals surface area (Å²) in [6, 6.07) is 0. The van der Waals surface area contributed by atoms with Crippen LogP contribution in [0.15, 0.2) is 4.99 Å². The molecule has 0 N–H and O–H groups in total. The maximum Gasteiger partial charge on any atom is 0.0804 e. The lowest BCUT2D eigenvalue weighted by atomic mass is 10.2. The summed E-state index contributed by atoms with van der Waals surface area (Å²) in [5.41, 5.74) is 0. The average Bonchev–Trinajstić information content (AvgIpc) is 2.23. The van der Waals surface area contributed by atoms with Gasteiger partial charge in [0.15, 0.2) is 0 Å². The monoisotopic (exact) mass is 215 g/mol. The standard InChI is InChI=1S/C11H23N2S/c1-4-9-13(5-2,6-3)10-7-8-12-11-14/h4-10H2,1-3H3/q+1. The van der Waals surface area contributed by atoms with Gasteiger partial charge in [-0.15, -0.1) is 0 Å². The minimum atomic E-state index is 0.840. The third kappa shape index (κ3) is 4.85. The highest BCUT2D eigenvalue weighted by molar-refractivity contribution is 7.78. The predicted molar refractivity (Wildman–Crippen MR) is 65.9 cm³/mol. The van der Waals surface area contributed by atoms with Crippen molar-refractivity contribution in [3.63, 3.8) is 0 Å². The minimum Gasteiger partial charge on any atom is -0.324 e. The third-order valence-electron chi connectivity index (χ3n) is 3.01. The number of hydrogen-bond donors (Lipinski definition) is 0. The molecule has 0 fully saturated rings. The normalized spacial score (nSPS) is 11.1. The molecule has 0 radical (unpaired) electrons. The average molecular weight is 215 g/mol. The fourth-order valence-electron chi connectivity index (χ4n) is 1.97. The van der Waals surface area contributed by atoms with E-state index in [1.165, 1.54) is 37.1 Å². The molecule has 0 spiro atoms. The van der Waals surface area contributed by atoms with E-state index < -0.39 is 0 Å². The van der Waals surface area contributed by atoms with Gasteiger partial charge in [0.2, 0.25) is 0 Å². The van der Waals surface area contributed by atoms with Crippen molar-refractivity contribution >= 4 is 17.4 Å². The molecule has 0 atom stereocenters. The van der Waals surface area contributed by atoms with Gasteiger partial charge in [0.05, 0.1) is 37.9 Å². The number of quaternary nitrogens is 1. The van der Waals surface area contributed by atoms with Gasteiger partial charge in [-0.25, -0.2) is 4.99 Å². The van der Waals surface area contributed by atoms with Crippen molar-refractivity contribution in [3.8, 4) is 0 Å². The van der Waals surface area contributed by atoms with Crippen LogP contribution in [-0.4, -0.2) is 42.4 Å². The molecule has 3 heteroatoms. The molecule has 0 bridgehead atoms. The van der Waals surface area contributed by atoms with E-state index in [0.29, 0.717) is 0 Å². The molecule has 14 heavy (non-hydrogen) atoms. The predicted octanol–water partition coefficient (Wildman–Crippen LogP) is 2.75. The zero-order chi connectivity index (χ0) is 10.9. The maximum absolute atomic E-state index is 4.55. The number of nitrogens with zero attached hydrogens (tertiary/aromatic N) is 2. The molecule has 0 saturated heterocycles. The second-order valence-electron chi connectivity index (χ2n) is 3.75. The summed E-state index contributed by atoms with van der Waals surface area (Å²) < 4.78 is 1.23. The second kappa shape index (κ2) is 8.10. The maximum atomic E-state index is 4.55. The van der Waals surface area contributed by atoms with E-state index in [4.69, 9.17) is 0 Å². The van der Waals surface area contributed by atoms with E-state index in [2.05, 4.69) is 43.1 Å². The van der Waals surface area contributed by atoms with Crippen LogP contribution in [0.2, 0.25) is 0 Å². The summed E-state index contributed by atoms with van der Waals surface area (Å²) in [6.07, 6.45) is 2.39. The smallest absolute Gasteiger partial charge is 0.0804 e. The van der Waals surface area contributed by atoms with Crippen molar-refractivity contribution in [2.24, 2.45) is 4.99 Å². The van der Waals surface area contributed by atoms with E-state index in [-0.39, 0.29) is 0 Å². The molecule has 0 unspecified atom stereocenters. The molecule has 0 aliphatic carbocycles. The topological polar surface area (TPSA) is 12.4 Å². The second-order valence-corrected chi connectivity index (χ2v) is 3.93. The highest BCUT2D eigenvalue weighted by Crippen LogP contribution is 2.09. The molecule has 0 heterocycles. The Labute approximate surface area is 93.6 Å². The summed E-state index contributed by atoms with van der Waals surface area (Å²) in [5.74, 6) is 0. The van der Waals surface area contributed by atoms with Crippen molar-refractivity contribution in [1.29, 1.82) is 0 Å². The first kappa shape index (κ1) is 13.8. The summed E-state index contributed by atoms with van der Waals surface area (Å²) >= 11 is 4.55. The molecule has 0 aromatic heterocycles. The van der Waals surface area contributed by atoms with Gasteiger partial charge in [0.25, 0.3) is 0 Å². The van der Waals surface area contributed by atoms with Crippen LogP contribution < -0.4 is 0 Å². The highest BCUT2D eigenvalue weighted by Gasteiger charge is 2.20. The molecule has 0 amide bonds. The Hall–Kier alpha value is -0.240. The highest BCUT2D eigenvalue weighted by atomic mass is 32.1. The van der Waals surface area contributed by atoms with Gasteiger partial charge >= 0.3 is 0 Å². The van der Waals surface area contributed by atoms with Crippen molar-refractivity contribution in [1.82, 2.24) is 0 Å². The zero-order valence-corrected chi connectivity index (χ0v) is 10.6. The fourth-order valence-corrected chi connectivity index (χ4v) is 2.06. The van der Waals surface area contributed by atoms with E-state index in [1.807, 2.05) is 0 Å². The Kier molecular flexibility index (Phi) is 7.96. The van der Waals surface area contributed by atoms with Crippen LogP contribution >= 0.6 is 12.2 Å². The molecule has 0 aromatic carbocycles. The molecule has 2 nitrogen and oxygen atoms in total. The number of rotatable bonds is 8. The van der Waals surface area contributed by atoms with Crippen molar-refractivity contribution < 1.29 is 4.48 Å². The van der Waals surface area contributed by atoms with E-state index in [9.17, 15) is 0 Å². The van der Waals surface area contributed by atoms with E-state index in [1.54, 1.807) is 0 Å². The summed E-state index contributed by atoms with van der Waals surface area (Å²) in [5, 5.41) is 2.42. The third-order valence-corrected chi connectivity index (χ3v) is 3.14. The zero-order valence-electron chi connectivity index (χ0n) is 9.75. The largest absolute Gasteiger partial charge is 0.324 e. The number of thiocarbonyl (C=S) groups is 1. The summed E-state index contributed by atoms with van der Waals surface area (Å²) in [7, 11) is 0. The van der Waals surface area contributed by atoms with Crippen molar-refractivity contribution in [2.75, 3.05) is 32.7 Å². The van der Waals surface area contributed by atoms with E-state index >= 15 is 0 Å². The molecule has 82 valence electrons. The van der Waals surface area contributed by atoms with Gasteiger partial charge in [-0.05, 0) is 32.5 Å². The lowest BCUT2D eigenvalue weighted by Crippen LogP contribution is -2.49.